The Morgan fingerprint density at radius 2 is 2.00 bits per heavy atom. The lowest BCUT2D eigenvalue weighted by molar-refractivity contribution is -0.121. The highest BCUT2D eigenvalue weighted by Crippen LogP contribution is 2.30. The molecule has 0 atom stereocenters. The summed E-state index contributed by atoms with van der Waals surface area (Å²) in [5.41, 5.74) is 1.12. The predicted molar refractivity (Wildman–Crippen MR) is 103 cm³/mol. The van der Waals surface area contributed by atoms with Crippen molar-refractivity contribution < 1.29 is 9.53 Å². The third-order valence-corrected chi connectivity index (χ3v) is 4.63. The SMILES string of the molecule is CN=C(NCCCC(=O)NC1CC1)NCc1ccccc1OCC1CC1. The van der Waals surface area contributed by atoms with Gasteiger partial charge in [0.05, 0.1) is 6.61 Å². The first-order valence-electron chi connectivity index (χ1n) is 9.69. The molecule has 0 aromatic heterocycles. The number of ether oxygens (including phenoxy) is 1. The maximum Gasteiger partial charge on any atom is 0.220 e. The summed E-state index contributed by atoms with van der Waals surface area (Å²) in [4.78, 5) is 15.9. The Kier molecular flexibility index (Phi) is 6.75. The number of nitrogens with one attached hydrogen (secondary N) is 3. The van der Waals surface area contributed by atoms with Crippen LogP contribution in [0.3, 0.4) is 0 Å². The number of nitrogens with zero attached hydrogens (tertiary/aromatic N) is 1. The van der Waals surface area contributed by atoms with Gasteiger partial charge < -0.3 is 20.7 Å². The third-order valence-electron chi connectivity index (χ3n) is 4.63. The molecule has 2 saturated carbocycles. The van der Waals surface area contributed by atoms with Crippen LogP contribution in [0.4, 0.5) is 0 Å². The van der Waals surface area contributed by atoms with Crippen molar-refractivity contribution in [2.75, 3.05) is 20.2 Å². The number of benzene rings is 1. The summed E-state index contributed by atoms with van der Waals surface area (Å²) in [6.45, 7) is 2.19. The van der Waals surface area contributed by atoms with Gasteiger partial charge in [-0.3, -0.25) is 9.79 Å². The second-order valence-corrected chi connectivity index (χ2v) is 7.16. The van der Waals surface area contributed by atoms with E-state index in [2.05, 4.69) is 27.0 Å². The molecule has 2 aliphatic rings. The van der Waals surface area contributed by atoms with Gasteiger partial charge in [-0.2, -0.15) is 0 Å². The van der Waals surface area contributed by atoms with E-state index in [0.717, 1.165) is 55.6 Å². The molecule has 6 heteroatoms. The second kappa shape index (κ2) is 9.46. The average molecular weight is 358 g/mol. The molecular formula is C20H30N4O2. The Morgan fingerprint density at radius 3 is 2.73 bits per heavy atom. The Hall–Kier alpha value is -2.24. The molecule has 0 saturated heterocycles. The Morgan fingerprint density at radius 1 is 1.19 bits per heavy atom. The number of carbonyl (C=O) groups excluding carboxylic acids is 1. The fraction of sp³-hybridized carbons (Fsp3) is 0.600. The summed E-state index contributed by atoms with van der Waals surface area (Å²) < 4.78 is 5.94. The average Bonchev–Trinajstić information content (AvgIpc) is 3.55. The highest BCUT2D eigenvalue weighted by molar-refractivity contribution is 5.80. The molecule has 0 aliphatic heterocycles. The Bertz CT molecular complexity index is 624. The van der Waals surface area contributed by atoms with E-state index in [4.69, 9.17) is 4.74 Å². The zero-order valence-corrected chi connectivity index (χ0v) is 15.6. The van der Waals surface area contributed by atoms with Gasteiger partial charge in [-0.25, -0.2) is 0 Å². The van der Waals surface area contributed by atoms with Gasteiger partial charge in [-0.05, 0) is 44.1 Å². The molecule has 0 bridgehead atoms. The van der Waals surface area contributed by atoms with Gasteiger partial charge in [0.25, 0.3) is 0 Å². The van der Waals surface area contributed by atoms with E-state index in [-0.39, 0.29) is 5.91 Å². The Balaban J connectivity index is 1.35. The fourth-order valence-corrected chi connectivity index (χ4v) is 2.67. The zero-order chi connectivity index (χ0) is 18.2. The molecule has 26 heavy (non-hydrogen) atoms. The lowest BCUT2D eigenvalue weighted by Gasteiger charge is -2.14. The summed E-state index contributed by atoms with van der Waals surface area (Å²) in [6.07, 6.45) is 6.18. The van der Waals surface area contributed by atoms with Crippen LogP contribution < -0.4 is 20.7 Å². The minimum absolute atomic E-state index is 0.152. The molecule has 142 valence electrons. The number of para-hydroxylation sites is 1. The van der Waals surface area contributed by atoms with Crippen molar-refractivity contribution in [3.63, 3.8) is 0 Å². The maximum absolute atomic E-state index is 11.7. The number of amides is 1. The molecule has 0 heterocycles. The first-order valence-corrected chi connectivity index (χ1v) is 9.69. The van der Waals surface area contributed by atoms with Crippen LogP contribution in [0.2, 0.25) is 0 Å². The molecule has 3 rings (SSSR count). The lowest BCUT2D eigenvalue weighted by Crippen LogP contribution is -2.37. The molecule has 2 aliphatic carbocycles. The lowest BCUT2D eigenvalue weighted by atomic mass is 10.2. The van der Waals surface area contributed by atoms with Crippen LogP contribution in [-0.2, 0) is 11.3 Å². The van der Waals surface area contributed by atoms with Gasteiger partial charge >= 0.3 is 0 Å². The highest BCUT2D eigenvalue weighted by Gasteiger charge is 2.23. The molecule has 1 aromatic rings. The minimum atomic E-state index is 0.152. The van der Waals surface area contributed by atoms with Crippen LogP contribution in [0.15, 0.2) is 29.3 Å². The van der Waals surface area contributed by atoms with Crippen LogP contribution >= 0.6 is 0 Å². The second-order valence-electron chi connectivity index (χ2n) is 7.16. The van der Waals surface area contributed by atoms with Crippen LogP contribution in [0.5, 0.6) is 5.75 Å². The normalized spacial score (nSPS) is 16.9. The van der Waals surface area contributed by atoms with E-state index in [1.165, 1.54) is 12.8 Å². The molecule has 6 nitrogen and oxygen atoms in total. The van der Waals surface area contributed by atoms with E-state index in [0.29, 0.717) is 19.0 Å². The van der Waals surface area contributed by atoms with Crippen molar-refractivity contribution in [2.45, 2.75) is 51.1 Å². The number of rotatable bonds is 10. The third kappa shape index (κ3) is 6.58. The molecular weight excluding hydrogens is 328 g/mol. The number of hydrogen-bond donors (Lipinski definition) is 3. The quantitative estimate of drug-likeness (QED) is 0.341. The monoisotopic (exact) mass is 358 g/mol. The topological polar surface area (TPSA) is 74.8 Å². The summed E-state index contributed by atoms with van der Waals surface area (Å²) in [6, 6.07) is 8.56. The summed E-state index contributed by atoms with van der Waals surface area (Å²) >= 11 is 0. The first-order chi connectivity index (χ1) is 12.7. The Labute approximate surface area is 155 Å². The van der Waals surface area contributed by atoms with Crippen molar-refractivity contribution in [1.82, 2.24) is 16.0 Å². The molecule has 3 N–H and O–H groups in total. The smallest absolute Gasteiger partial charge is 0.220 e. The molecule has 1 amide bonds. The largest absolute Gasteiger partial charge is 0.493 e. The van der Waals surface area contributed by atoms with E-state index in [9.17, 15) is 4.79 Å². The number of guanidine groups is 1. The van der Waals surface area contributed by atoms with Gasteiger partial charge in [0.2, 0.25) is 5.91 Å². The molecule has 0 unspecified atom stereocenters. The fourth-order valence-electron chi connectivity index (χ4n) is 2.67. The van der Waals surface area contributed by atoms with Gasteiger partial charge in [0, 0.05) is 38.2 Å². The minimum Gasteiger partial charge on any atom is -0.493 e. The van der Waals surface area contributed by atoms with Crippen molar-refractivity contribution in [2.24, 2.45) is 10.9 Å². The summed E-state index contributed by atoms with van der Waals surface area (Å²) in [7, 11) is 1.75. The molecule has 0 radical (unpaired) electrons. The maximum atomic E-state index is 11.7. The van der Waals surface area contributed by atoms with E-state index < -0.39 is 0 Å². The zero-order valence-electron chi connectivity index (χ0n) is 15.6. The first kappa shape index (κ1) is 18.5. The van der Waals surface area contributed by atoms with Crippen molar-refractivity contribution >= 4 is 11.9 Å². The summed E-state index contributed by atoms with van der Waals surface area (Å²) in [5.74, 6) is 2.57. The standard InChI is InChI=1S/C20H30N4O2/c1-21-20(22-12-4-7-19(25)24-17-10-11-17)23-13-16-5-2-3-6-18(16)26-14-15-8-9-15/h2-3,5-6,15,17H,4,7-14H2,1H3,(H,24,25)(H2,21,22,23). The van der Waals surface area contributed by atoms with Crippen molar-refractivity contribution in [3.8, 4) is 5.75 Å². The van der Waals surface area contributed by atoms with Crippen LogP contribution in [0, 0.1) is 5.92 Å². The number of carbonyl (C=O) groups is 1. The van der Waals surface area contributed by atoms with Crippen LogP contribution in [-0.4, -0.2) is 38.1 Å². The van der Waals surface area contributed by atoms with Crippen molar-refractivity contribution in [1.29, 1.82) is 0 Å². The van der Waals surface area contributed by atoms with Crippen molar-refractivity contribution in [3.05, 3.63) is 29.8 Å². The van der Waals surface area contributed by atoms with Crippen LogP contribution in [0.25, 0.3) is 0 Å². The van der Waals surface area contributed by atoms with E-state index in [1.807, 2.05) is 18.2 Å². The van der Waals surface area contributed by atoms with Gasteiger partial charge in [-0.15, -0.1) is 0 Å². The molecule has 0 spiro atoms. The van der Waals surface area contributed by atoms with E-state index in [1.54, 1.807) is 7.05 Å². The van der Waals surface area contributed by atoms with Gasteiger partial charge in [-0.1, -0.05) is 18.2 Å². The predicted octanol–water partition coefficient (Wildman–Crippen LogP) is 2.20. The van der Waals surface area contributed by atoms with Crippen LogP contribution in [0.1, 0.15) is 44.1 Å². The summed E-state index contributed by atoms with van der Waals surface area (Å²) in [5, 5.41) is 9.59. The molecule has 2 fully saturated rings. The van der Waals surface area contributed by atoms with Gasteiger partial charge in [0.1, 0.15) is 5.75 Å². The number of hydrogen-bond acceptors (Lipinski definition) is 3. The number of aliphatic imine (C=N–C) groups is 1. The van der Waals surface area contributed by atoms with Gasteiger partial charge in [0.15, 0.2) is 5.96 Å². The van der Waals surface area contributed by atoms with E-state index >= 15 is 0 Å². The molecule has 1 aromatic carbocycles. The highest BCUT2D eigenvalue weighted by atomic mass is 16.5.